The number of H-pyrrole nitrogens is 1. The first kappa shape index (κ1) is 26.4. The normalized spacial score (nSPS) is 19.2. The first-order valence-corrected chi connectivity index (χ1v) is 10.0. The van der Waals surface area contributed by atoms with Crippen LogP contribution in [0.4, 0.5) is 0 Å². The molecule has 0 atom stereocenters. The van der Waals surface area contributed by atoms with Crippen LogP contribution in [0.5, 0.6) is 0 Å². The molecular formula is C22H46N2O. The molecule has 1 aromatic rings. The Morgan fingerprint density at radius 2 is 1.40 bits per heavy atom. The topological polar surface area (TPSA) is 37.9 Å². The molecule has 1 aromatic heterocycles. The summed E-state index contributed by atoms with van der Waals surface area (Å²) in [6.45, 7) is 9.03. The van der Waals surface area contributed by atoms with Gasteiger partial charge in [-0.2, -0.15) is 5.10 Å². The minimum Gasteiger partial charge on any atom is -0.375 e. The van der Waals surface area contributed by atoms with E-state index in [9.17, 15) is 0 Å². The molecular weight excluding hydrogens is 308 g/mol. The van der Waals surface area contributed by atoms with Gasteiger partial charge in [-0.15, -0.1) is 0 Å². The Bertz CT molecular complexity index is 366. The molecule has 2 fully saturated rings. The van der Waals surface area contributed by atoms with Crippen LogP contribution in [0.25, 0.3) is 0 Å². The molecule has 0 amide bonds. The molecule has 3 aliphatic rings. The quantitative estimate of drug-likeness (QED) is 0.539. The highest BCUT2D eigenvalue weighted by Gasteiger charge is 2.35. The second kappa shape index (κ2) is 15.4. The number of aromatic amines is 1. The van der Waals surface area contributed by atoms with Gasteiger partial charge in [0.1, 0.15) is 0 Å². The minimum absolute atomic E-state index is 0. The van der Waals surface area contributed by atoms with Gasteiger partial charge in [0.05, 0.1) is 11.8 Å². The van der Waals surface area contributed by atoms with Gasteiger partial charge in [0, 0.05) is 12.3 Å². The van der Waals surface area contributed by atoms with Crippen molar-refractivity contribution in [2.75, 3.05) is 6.61 Å². The number of hydrogen-bond acceptors (Lipinski definition) is 2. The lowest BCUT2D eigenvalue weighted by Gasteiger charge is -2.33. The van der Waals surface area contributed by atoms with Gasteiger partial charge in [-0.25, -0.2) is 0 Å². The van der Waals surface area contributed by atoms with E-state index in [1.165, 1.54) is 81.9 Å². The molecule has 1 saturated heterocycles. The van der Waals surface area contributed by atoms with E-state index in [0.29, 0.717) is 5.60 Å². The summed E-state index contributed by atoms with van der Waals surface area (Å²) in [5, 5.41) is 6.99. The lowest BCUT2D eigenvalue weighted by atomic mass is 9.92. The van der Waals surface area contributed by atoms with Crippen LogP contribution >= 0.6 is 0 Å². The smallest absolute Gasteiger partial charge is 0.0682 e. The Morgan fingerprint density at radius 1 is 0.840 bits per heavy atom. The van der Waals surface area contributed by atoms with Gasteiger partial charge >= 0.3 is 0 Å². The standard InChI is InChI=1S/C9H16O.C7H10N2.2C2H6.2CH4/c1-2-6-9(5-1)7-3-4-8-10-9;1-2-4-7-6(3-1)5-8-9-7;2*1-2;;/h1-8H2;5H,1-4H2,(H,8,9);2*1-2H3;2*1H4. The van der Waals surface area contributed by atoms with E-state index in [2.05, 4.69) is 10.2 Å². The third-order valence-corrected chi connectivity index (χ3v) is 4.88. The van der Waals surface area contributed by atoms with Crippen LogP contribution < -0.4 is 0 Å². The van der Waals surface area contributed by atoms with Crippen LogP contribution in [0.2, 0.25) is 0 Å². The van der Waals surface area contributed by atoms with Crippen molar-refractivity contribution in [3.8, 4) is 0 Å². The highest BCUT2D eigenvalue weighted by Crippen LogP contribution is 2.39. The third kappa shape index (κ3) is 8.40. The van der Waals surface area contributed by atoms with Crippen molar-refractivity contribution in [2.24, 2.45) is 0 Å². The monoisotopic (exact) mass is 354 g/mol. The van der Waals surface area contributed by atoms with Gasteiger partial charge in [-0.05, 0) is 63.4 Å². The van der Waals surface area contributed by atoms with Gasteiger partial charge in [-0.3, -0.25) is 5.10 Å². The van der Waals surface area contributed by atoms with Crippen molar-refractivity contribution in [1.29, 1.82) is 0 Å². The summed E-state index contributed by atoms with van der Waals surface area (Å²) >= 11 is 0. The Labute approximate surface area is 158 Å². The maximum absolute atomic E-state index is 5.83. The molecule has 4 rings (SSSR count). The molecule has 3 heteroatoms. The molecule has 0 bridgehead atoms. The lowest BCUT2D eigenvalue weighted by Crippen LogP contribution is -2.32. The molecule has 0 aromatic carbocycles. The van der Waals surface area contributed by atoms with Crippen LogP contribution in [0.1, 0.15) is 112 Å². The van der Waals surface area contributed by atoms with Crippen molar-refractivity contribution in [2.45, 2.75) is 119 Å². The predicted octanol–water partition coefficient (Wildman–Crippen LogP) is 7.11. The first-order chi connectivity index (χ1) is 11.4. The Morgan fingerprint density at radius 3 is 1.96 bits per heavy atom. The van der Waals surface area contributed by atoms with Gasteiger partial charge in [0.15, 0.2) is 0 Å². The summed E-state index contributed by atoms with van der Waals surface area (Å²) in [4.78, 5) is 0. The van der Waals surface area contributed by atoms with Crippen molar-refractivity contribution >= 4 is 0 Å². The van der Waals surface area contributed by atoms with Crippen LogP contribution in [-0.2, 0) is 17.6 Å². The second-order valence-electron chi connectivity index (χ2n) is 6.28. The van der Waals surface area contributed by atoms with Crippen molar-refractivity contribution < 1.29 is 4.74 Å². The van der Waals surface area contributed by atoms with E-state index >= 15 is 0 Å². The molecule has 2 aliphatic carbocycles. The van der Waals surface area contributed by atoms with Gasteiger partial charge < -0.3 is 4.74 Å². The zero-order chi connectivity index (χ0) is 17.0. The summed E-state index contributed by atoms with van der Waals surface area (Å²) in [5.41, 5.74) is 3.17. The lowest BCUT2D eigenvalue weighted by molar-refractivity contribution is -0.0728. The zero-order valence-electron chi connectivity index (χ0n) is 15.9. The van der Waals surface area contributed by atoms with Crippen LogP contribution in [0.3, 0.4) is 0 Å². The summed E-state index contributed by atoms with van der Waals surface area (Å²) < 4.78 is 5.83. The maximum atomic E-state index is 5.83. The fraction of sp³-hybridized carbons (Fsp3) is 0.864. The summed E-state index contributed by atoms with van der Waals surface area (Å²) in [6, 6.07) is 0. The highest BCUT2D eigenvalue weighted by molar-refractivity contribution is 5.18. The van der Waals surface area contributed by atoms with Crippen molar-refractivity contribution in [3.63, 3.8) is 0 Å². The fourth-order valence-electron chi connectivity index (χ4n) is 3.71. The average molecular weight is 355 g/mol. The minimum atomic E-state index is 0. The third-order valence-electron chi connectivity index (χ3n) is 4.88. The molecule has 3 nitrogen and oxygen atoms in total. The number of nitrogens with one attached hydrogen (secondary N) is 1. The van der Waals surface area contributed by atoms with Crippen LogP contribution in [0, 0.1) is 0 Å². The number of nitrogens with zero attached hydrogens (tertiary/aromatic N) is 1. The van der Waals surface area contributed by atoms with E-state index in [0.717, 1.165) is 6.61 Å². The predicted molar refractivity (Wildman–Crippen MR) is 112 cm³/mol. The average Bonchev–Trinajstić information content (AvgIpc) is 3.29. The Balaban J connectivity index is 0. The summed E-state index contributed by atoms with van der Waals surface area (Å²) in [6.07, 6.45) is 16.6. The maximum Gasteiger partial charge on any atom is 0.0682 e. The zero-order valence-corrected chi connectivity index (χ0v) is 15.9. The molecule has 1 aliphatic heterocycles. The van der Waals surface area contributed by atoms with E-state index in [1.54, 1.807) is 0 Å². The van der Waals surface area contributed by atoms with Gasteiger partial charge in [0.2, 0.25) is 0 Å². The van der Waals surface area contributed by atoms with E-state index in [1.807, 2.05) is 33.9 Å². The molecule has 25 heavy (non-hydrogen) atoms. The molecule has 1 spiro atoms. The Kier molecular flexibility index (Phi) is 16.3. The summed E-state index contributed by atoms with van der Waals surface area (Å²) in [5.74, 6) is 0. The number of fused-ring (bicyclic) bond motifs is 1. The van der Waals surface area contributed by atoms with Gasteiger partial charge in [0.25, 0.3) is 0 Å². The molecule has 1 N–H and O–H groups in total. The van der Waals surface area contributed by atoms with E-state index in [-0.39, 0.29) is 14.9 Å². The molecule has 150 valence electrons. The van der Waals surface area contributed by atoms with Crippen molar-refractivity contribution in [3.05, 3.63) is 17.5 Å². The van der Waals surface area contributed by atoms with Gasteiger partial charge in [-0.1, -0.05) is 55.4 Å². The van der Waals surface area contributed by atoms with E-state index < -0.39 is 0 Å². The second-order valence-corrected chi connectivity index (χ2v) is 6.28. The SMILES string of the molecule is C.C.C1CCC2(CCCC2)OC1.CC.CC.c1n[nH]c2c1CCCC2. The fourth-order valence-corrected chi connectivity index (χ4v) is 3.71. The highest BCUT2D eigenvalue weighted by atomic mass is 16.5. The largest absolute Gasteiger partial charge is 0.375 e. The molecule has 2 heterocycles. The molecule has 0 radical (unpaired) electrons. The van der Waals surface area contributed by atoms with Crippen molar-refractivity contribution in [1.82, 2.24) is 10.2 Å². The number of aromatic nitrogens is 2. The van der Waals surface area contributed by atoms with E-state index in [4.69, 9.17) is 4.74 Å². The Hall–Kier alpha value is -0.830. The number of hydrogen-bond donors (Lipinski definition) is 1. The molecule has 1 saturated carbocycles. The number of ether oxygens (including phenoxy) is 1. The number of rotatable bonds is 0. The van der Waals surface area contributed by atoms with Crippen LogP contribution in [0.15, 0.2) is 6.20 Å². The van der Waals surface area contributed by atoms with Crippen LogP contribution in [-0.4, -0.2) is 22.4 Å². The first-order valence-electron chi connectivity index (χ1n) is 10.0. The summed E-state index contributed by atoms with van der Waals surface area (Å²) in [7, 11) is 0. The number of aryl methyl sites for hydroxylation is 2. The molecule has 0 unspecified atom stereocenters.